The normalized spacial score (nSPS) is 21.5. The van der Waals surface area contributed by atoms with Crippen LogP contribution >= 0.6 is 0 Å². The summed E-state index contributed by atoms with van der Waals surface area (Å²) in [5.74, 6) is 2.41. The van der Waals surface area contributed by atoms with Crippen molar-refractivity contribution in [3.05, 3.63) is 29.8 Å². The molecule has 26 heavy (non-hydrogen) atoms. The zero-order chi connectivity index (χ0) is 18.4. The molecule has 5 heteroatoms. The first kappa shape index (κ1) is 19.0. The van der Waals surface area contributed by atoms with Gasteiger partial charge in [-0.05, 0) is 37.7 Å². The first-order valence-corrected chi connectivity index (χ1v) is 9.95. The van der Waals surface area contributed by atoms with E-state index in [1.165, 1.54) is 18.4 Å². The van der Waals surface area contributed by atoms with Crippen LogP contribution in [0.5, 0.6) is 5.75 Å². The molecule has 0 bridgehead atoms. The van der Waals surface area contributed by atoms with Crippen molar-refractivity contribution < 1.29 is 9.47 Å². The highest BCUT2D eigenvalue weighted by molar-refractivity contribution is 5.80. The Kier molecular flexibility index (Phi) is 6.41. The summed E-state index contributed by atoms with van der Waals surface area (Å²) >= 11 is 0. The van der Waals surface area contributed by atoms with E-state index in [9.17, 15) is 0 Å². The van der Waals surface area contributed by atoms with E-state index in [1.807, 2.05) is 7.05 Å². The van der Waals surface area contributed by atoms with Crippen molar-refractivity contribution in [3.63, 3.8) is 0 Å². The van der Waals surface area contributed by atoms with Gasteiger partial charge in [-0.15, -0.1) is 0 Å². The maximum absolute atomic E-state index is 6.44. The van der Waals surface area contributed by atoms with Crippen LogP contribution in [-0.2, 0) is 4.74 Å². The highest BCUT2D eigenvalue weighted by atomic mass is 16.5. The zero-order valence-corrected chi connectivity index (χ0v) is 16.4. The third-order valence-electron chi connectivity index (χ3n) is 5.24. The minimum atomic E-state index is -0.00868. The molecule has 1 aliphatic heterocycles. The number of fused-ring (bicyclic) bond motifs is 1. The molecule has 1 aromatic carbocycles. The zero-order valence-electron chi connectivity index (χ0n) is 16.4. The van der Waals surface area contributed by atoms with E-state index in [-0.39, 0.29) is 11.6 Å². The molecule has 1 heterocycles. The van der Waals surface area contributed by atoms with Crippen molar-refractivity contribution in [2.75, 3.05) is 26.8 Å². The van der Waals surface area contributed by atoms with Crippen molar-refractivity contribution in [2.24, 2.45) is 10.9 Å². The number of nitrogens with zero attached hydrogens (tertiary/aromatic N) is 1. The fraction of sp³-hybridized carbons (Fsp3) is 0.667. The summed E-state index contributed by atoms with van der Waals surface area (Å²) in [5, 5.41) is 6.99. The van der Waals surface area contributed by atoms with Crippen LogP contribution in [0.4, 0.5) is 0 Å². The van der Waals surface area contributed by atoms with Crippen molar-refractivity contribution in [1.82, 2.24) is 10.6 Å². The number of nitrogens with one attached hydrogen (secondary N) is 2. The van der Waals surface area contributed by atoms with Gasteiger partial charge in [-0.2, -0.15) is 0 Å². The minimum Gasteiger partial charge on any atom is -0.487 e. The number of para-hydroxylation sites is 1. The van der Waals surface area contributed by atoms with Crippen LogP contribution in [0.3, 0.4) is 0 Å². The summed E-state index contributed by atoms with van der Waals surface area (Å²) in [6, 6.07) is 8.62. The molecular formula is C21H33N3O2. The number of hydrogen-bond donors (Lipinski definition) is 2. The van der Waals surface area contributed by atoms with Crippen LogP contribution in [0, 0.1) is 5.92 Å². The summed E-state index contributed by atoms with van der Waals surface area (Å²) < 4.78 is 12.1. The predicted molar refractivity (Wildman–Crippen MR) is 106 cm³/mol. The van der Waals surface area contributed by atoms with E-state index >= 15 is 0 Å². The molecular weight excluding hydrogens is 326 g/mol. The lowest BCUT2D eigenvalue weighted by Crippen LogP contribution is -2.47. The van der Waals surface area contributed by atoms with Gasteiger partial charge in [0.15, 0.2) is 5.96 Å². The van der Waals surface area contributed by atoms with Crippen molar-refractivity contribution in [1.29, 1.82) is 0 Å². The van der Waals surface area contributed by atoms with Gasteiger partial charge < -0.3 is 20.1 Å². The quantitative estimate of drug-likeness (QED) is 0.462. The van der Waals surface area contributed by atoms with Gasteiger partial charge in [0.1, 0.15) is 11.4 Å². The number of rotatable bonds is 6. The summed E-state index contributed by atoms with van der Waals surface area (Å²) in [6.07, 6.45) is 5.81. The summed E-state index contributed by atoms with van der Waals surface area (Å²) in [5.41, 5.74) is 1.22. The molecule has 2 aliphatic rings. The molecule has 0 saturated heterocycles. The third kappa shape index (κ3) is 4.70. The standard InChI is InChI=1S/C21H33N3O2/c1-16(2)15-25-13-12-23-20(22-3)24-18-14-21(10-6-7-11-21)26-19-9-5-4-8-17(18)19/h4-5,8-9,16,18H,6-7,10-15H2,1-3H3,(H2,22,23,24). The molecule has 0 aromatic heterocycles. The fourth-order valence-corrected chi connectivity index (χ4v) is 3.99. The van der Waals surface area contributed by atoms with E-state index in [0.29, 0.717) is 12.5 Å². The molecule has 1 fully saturated rings. The van der Waals surface area contributed by atoms with Crippen LogP contribution in [0.15, 0.2) is 29.3 Å². The molecule has 5 nitrogen and oxygen atoms in total. The molecule has 1 aromatic rings. The summed E-state index contributed by atoms with van der Waals surface area (Å²) in [6.45, 7) is 6.56. The van der Waals surface area contributed by atoms with Gasteiger partial charge >= 0.3 is 0 Å². The summed E-state index contributed by atoms with van der Waals surface area (Å²) in [4.78, 5) is 4.40. The molecule has 0 amide bonds. The fourth-order valence-electron chi connectivity index (χ4n) is 3.99. The Hall–Kier alpha value is -1.75. The predicted octanol–water partition coefficient (Wildman–Crippen LogP) is 3.66. The van der Waals surface area contributed by atoms with Gasteiger partial charge in [0.25, 0.3) is 0 Å². The average molecular weight is 360 g/mol. The average Bonchev–Trinajstić information content (AvgIpc) is 3.07. The van der Waals surface area contributed by atoms with Crippen molar-refractivity contribution >= 4 is 5.96 Å². The Balaban J connectivity index is 1.61. The van der Waals surface area contributed by atoms with E-state index in [4.69, 9.17) is 9.47 Å². The van der Waals surface area contributed by atoms with Crippen LogP contribution < -0.4 is 15.4 Å². The Morgan fingerprint density at radius 1 is 1.31 bits per heavy atom. The van der Waals surface area contributed by atoms with Gasteiger partial charge in [-0.1, -0.05) is 32.0 Å². The Labute approximate surface area is 157 Å². The molecule has 0 radical (unpaired) electrons. The van der Waals surface area contributed by atoms with Crippen molar-refractivity contribution in [3.8, 4) is 5.75 Å². The second-order valence-corrected chi connectivity index (χ2v) is 7.90. The molecule has 1 spiro atoms. The highest BCUT2D eigenvalue weighted by Gasteiger charge is 2.43. The number of ether oxygens (including phenoxy) is 2. The molecule has 1 saturated carbocycles. The summed E-state index contributed by atoms with van der Waals surface area (Å²) in [7, 11) is 1.82. The first-order valence-electron chi connectivity index (χ1n) is 9.95. The first-order chi connectivity index (χ1) is 12.6. The molecule has 1 atom stereocenters. The second-order valence-electron chi connectivity index (χ2n) is 7.90. The second kappa shape index (κ2) is 8.76. The monoisotopic (exact) mass is 359 g/mol. The molecule has 1 unspecified atom stereocenters. The third-order valence-corrected chi connectivity index (χ3v) is 5.24. The van der Waals surface area contributed by atoms with Crippen molar-refractivity contribution in [2.45, 2.75) is 57.6 Å². The van der Waals surface area contributed by atoms with E-state index in [0.717, 1.165) is 44.1 Å². The van der Waals surface area contributed by atoms with E-state index < -0.39 is 0 Å². The Morgan fingerprint density at radius 2 is 2.08 bits per heavy atom. The maximum Gasteiger partial charge on any atom is 0.191 e. The van der Waals surface area contributed by atoms with E-state index in [1.54, 1.807) is 0 Å². The lowest BCUT2D eigenvalue weighted by molar-refractivity contribution is 0.0395. The number of aliphatic imine (C=N–C) groups is 1. The van der Waals surface area contributed by atoms with Gasteiger partial charge in [0, 0.05) is 32.2 Å². The van der Waals surface area contributed by atoms with Crippen LogP contribution in [0.1, 0.15) is 57.6 Å². The molecule has 3 rings (SSSR count). The van der Waals surface area contributed by atoms with Crippen LogP contribution in [0.2, 0.25) is 0 Å². The molecule has 1 aliphatic carbocycles. The van der Waals surface area contributed by atoms with Gasteiger partial charge in [-0.25, -0.2) is 0 Å². The maximum atomic E-state index is 6.44. The Bertz CT molecular complexity index is 609. The number of guanidine groups is 1. The van der Waals surface area contributed by atoms with Crippen LogP contribution in [-0.4, -0.2) is 38.4 Å². The van der Waals surface area contributed by atoms with Gasteiger partial charge in [0.2, 0.25) is 0 Å². The minimum absolute atomic E-state index is 0.00868. The molecule has 2 N–H and O–H groups in total. The van der Waals surface area contributed by atoms with E-state index in [2.05, 4.69) is 53.7 Å². The highest BCUT2D eigenvalue weighted by Crippen LogP contribution is 2.46. The van der Waals surface area contributed by atoms with Gasteiger partial charge in [0.05, 0.1) is 12.6 Å². The lowest BCUT2D eigenvalue weighted by atomic mass is 9.86. The largest absolute Gasteiger partial charge is 0.487 e. The number of benzene rings is 1. The lowest BCUT2D eigenvalue weighted by Gasteiger charge is -2.40. The molecule has 144 valence electrons. The number of hydrogen-bond acceptors (Lipinski definition) is 3. The smallest absolute Gasteiger partial charge is 0.191 e. The topological polar surface area (TPSA) is 54.9 Å². The Morgan fingerprint density at radius 3 is 2.81 bits per heavy atom. The SMILES string of the molecule is CN=C(NCCOCC(C)C)NC1CC2(CCCC2)Oc2ccccc21. The van der Waals surface area contributed by atoms with Crippen LogP contribution in [0.25, 0.3) is 0 Å². The van der Waals surface area contributed by atoms with Gasteiger partial charge in [-0.3, -0.25) is 4.99 Å².